The SMILES string of the molecule is CC(C)C(=O)Nc1ccc(Br)c(NC(=O)c2ccccc2)c1. The molecular formula is C17H17BrN2O2. The number of benzene rings is 2. The van der Waals surface area contributed by atoms with Crippen LogP contribution in [0.15, 0.2) is 53.0 Å². The molecule has 0 heterocycles. The van der Waals surface area contributed by atoms with Crippen molar-refractivity contribution in [2.75, 3.05) is 10.6 Å². The summed E-state index contributed by atoms with van der Waals surface area (Å²) in [4.78, 5) is 23.9. The molecule has 0 saturated heterocycles. The van der Waals surface area contributed by atoms with Crippen LogP contribution >= 0.6 is 15.9 Å². The summed E-state index contributed by atoms with van der Waals surface area (Å²) in [6, 6.07) is 14.3. The van der Waals surface area contributed by atoms with Gasteiger partial charge < -0.3 is 10.6 Å². The molecule has 0 unspecified atom stereocenters. The summed E-state index contributed by atoms with van der Waals surface area (Å²) in [5.41, 5.74) is 1.83. The molecule has 4 nitrogen and oxygen atoms in total. The highest BCUT2D eigenvalue weighted by atomic mass is 79.9. The minimum Gasteiger partial charge on any atom is -0.326 e. The Morgan fingerprint density at radius 3 is 2.32 bits per heavy atom. The van der Waals surface area contributed by atoms with E-state index >= 15 is 0 Å². The van der Waals surface area contributed by atoms with Crippen molar-refractivity contribution in [2.24, 2.45) is 5.92 Å². The Morgan fingerprint density at radius 1 is 1.00 bits per heavy atom. The van der Waals surface area contributed by atoms with E-state index in [1.807, 2.05) is 32.0 Å². The van der Waals surface area contributed by atoms with Gasteiger partial charge in [0, 0.05) is 21.6 Å². The fourth-order valence-electron chi connectivity index (χ4n) is 1.77. The Bertz CT molecular complexity index is 684. The van der Waals surface area contributed by atoms with Crippen LogP contribution in [0.3, 0.4) is 0 Å². The van der Waals surface area contributed by atoms with Gasteiger partial charge in [0.1, 0.15) is 0 Å². The highest BCUT2D eigenvalue weighted by molar-refractivity contribution is 9.10. The van der Waals surface area contributed by atoms with E-state index in [1.54, 1.807) is 30.3 Å². The van der Waals surface area contributed by atoms with Crippen LogP contribution in [0.5, 0.6) is 0 Å². The Labute approximate surface area is 138 Å². The molecular weight excluding hydrogens is 344 g/mol. The molecule has 0 aliphatic rings. The van der Waals surface area contributed by atoms with Gasteiger partial charge in [-0.1, -0.05) is 32.0 Å². The lowest BCUT2D eigenvalue weighted by atomic mass is 10.2. The van der Waals surface area contributed by atoms with Gasteiger partial charge in [-0.05, 0) is 46.3 Å². The highest BCUT2D eigenvalue weighted by Crippen LogP contribution is 2.26. The number of anilines is 2. The van der Waals surface area contributed by atoms with Gasteiger partial charge in [0.05, 0.1) is 5.69 Å². The summed E-state index contributed by atoms with van der Waals surface area (Å²) in [6.45, 7) is 3.65. The molecule has 0 aliphatic carbocycles. The average molecular weight is 361 g/mol. The number of carbonyl (C=O) groups excluding carboxylic acids is 2. The molecule has 22 heavy (non-hydrogen) atoms. The average Bonchev–Trinajstić information content (AvgIpc) is 2.51. The second kappa shape index (κ2) is 7.22. The Balaban J connectivity index is 2.17. The first-order valence-corrected chi connectivity index (χ1v) is 7.73. The Morgan fingerprint density at radius 2 is 1.68 bits per heavy atom. The second-order valence-corrected chi connectivity index (χ2v) is 6.01. The highest BCUT2D eigenvalue weighted by Gasteiger charge is 2.11. The largest absolute Gasteiger partial charge is 0.326 e. The van der Waals surface area contributed by atoms with E-state index < -0.39 is 0 Å². The van der Waals surface area contributed by atoms with Crippen molar-refractivity contribution in [1.29, 1.82) is 0 Å². The number of hydrogen-bond acceptors (Lipinski definition) is 2. The summed E-state index contributed by atoms with van der Waals surface area (Å²) in [6.07, 6.45) is 0. The topological polar surface area (TPSA) is 58.2 Å². The van der Waals surface area contributed by atoms with Crippen LogP contribution in [0.4, 0.5) is 11.4 Å². The third-order valence-corrected chi connectivity index (χ3v) is 3.73. The number of rotatable bonds is 4. The number of carbonyl (C=O) groups is 2. The number of hydrogen-bond donors (Lipinski definition) is 2. The smallest absolute Gasteiger partial charge is 0.255 e. The van der Waals surface area contributed by atoms with E-state index in [-0.39, 0.29) is 17.7 Å². The molecule has 2 aromatic rings. The lowest BCUT2D eigenvalue weighted by molar-refractivity contribution is -0.118. The molecule has 0 saturated carbocycles. The molecule has 0 spiro atoms. The zero-order valence-corrected chi connectivity index (χ0v) is 14.0. The first-order valence-electron chi connectivity index (χ1n) is 6.94. The van der Waals surface area contributed by atoms with Gasteiger partial charge in [0.15, 0.2) is 0 Å². The lowest BCUT2D eigenvalue weighted by Crippen LogP contribution is -2.18. The van der Waals surface area contributed by atoms with Crippen LogP contribution in [0.1, 0.15) is 24.2 Å². The van der Waals surface area contributed by atoms with E-state index in [0.717, 1.165) is 4.47 Å². The first kappa shape index (κ1) is 16.2. The van der Waals surface area contributed by atoms with Crippen LogP contribution in [0.2, 0.25) is 0 Å². The van der Waals surface area contributed by atoms with E-state index in [2.05, 4.69) is 26.6 Å². The van der Waals surface area contributed by atoms with Gasteiger partial charge >= 0.3 is 0 Å². The van der Waals surface area contributed by atoms with Crippen molar-refractivity contribution < 1.29 is 9.59 Å². The summed E-state index contributed by atoms with van der Waals surface area (Å²) in [7, 11) is 0. The predicted octanol–water partition coefficient (Wildman–Crippen LogP) is 4.30. The number of halogens is 1. The number of amides is 2. The third-order valence-electron chi connectivity index (χ3n) is 3.04. The van der Waals surface area contributed by atoms with Gasteiger partial charge in [0.25, 0.3) is 5.91 Å². The van der Waals surface area contributed by atoms with Gasteiger partial charge in [-0.25, -0.2) is 0 Å². The summed E-state index contributed by atoms with van der Waals surface area (Å²) >= 11 is 3.40. The van der Waals surface area contributed by atoms with Crippen molar-refractivity contribution in [2.45, 2.75) is 13.8 Å². The standard InChI is InChI=1S/C17H17BrN2O2/c1-11(2)16(21)19-13-8-9-14(18)15(10-13)20-17(22)12-6-4-3-5-7-12/h3-11H,1-2H3,(H,19,21)(H,20,22). The zero-order chi connectivity index (χ0) is 16.1. The summed E-state index contributed by atoms with van der Waals surface area (Å²) < 4.78 is 0.749. The second-order valence-electron chi connectivity index (χ2n) is 5.16. The van der Waals surface area contributed by atoms with Gasteiger partial charge in [0.2, 0.25) is 5.91 Å². The fourth-order valence-corrected chi connectivity index (χ4v) is 2.12. The maximum atomic E-state index is 12.2. The third kappa shape index (κ3) is 4.18. The Kier molecular flexibility index (Phi) is 5.33. The predicted molar refractivity (Wildman–Crippen MR) is 92.0 cm³/mol. The van der Waals surface area contributed by atoms with Crippen molar-refractivity contribution in [3.05, 3.63) is 58.6 Å². The van der Waals surface area contributed by atoms with Crippen molar-refractivity contribution in [3.63, 3.8) is 0 Å². The van der Waals surface area contributed by atoms with E-state index in [1.165, 1.54) is 0 Å². The van der Waals surface area contributed by atoms with Gasteiger partial charge in [-0.15, -0.1) is 0 Å². The zero-order valence-electron chi connectivity index (χ0n) is 12.4. The fraction of sp³-hybridized carbons (Fsp3) is 0.176. The normalized spacial score (nSPS) is 10.4. The van der Waals surface area contributed by atoms with Crippen LogP contribution in [-0.4, -0.2) is 11.8 Å². The van der Waals surface area contributed by atoms with Crippen molar-refractivity contribution in [1.82, 2.24) is 0 Å². The maximum absolute atomic E-state index is 12.2. The molecule has 5 heteroatoms. The van der Waals surface area contributed by atoms with E-state index in [0.29, 0.717) is 16.9 Å². The quantitative estimate of drug-likeness (QED) is 0.853. The summed E-state index contributed by atoms with van der Waals surface area (Å²) in [5.74, 6) is -0.373. The first-order chi connectivity index (χ1) is 10.5. The molecule has 114 valence electrons. The van der Waals surface area contributed by atoms with E-state index in [9.17, 15) is 9.59 Å². The molecule has 2 amide bonds. The lowest BCUT2D eigenvalue weighted by Gasteiger charge is -2.12. The molecule has 2 N–H and O–H groups in total. The van der Waals surface area contributed by atoms with E-state index in [4.69, 9.17) is 0 Å². The number of nitrogens with one attached hydrogen (secondary N) is 2. The molecule has 0 atom stereocenters. The molecule has 2 aromatic carbocycles. The van der Waals surface area contributed by atoms with Gasteiger partial charge in [-0.3, -0.25) is 9.59 Å². The van der Waals surface area contributed by atoms with Crippen LogP contribution in [0.25, 0.3) is 0 Å². The minimum absolute atomic E-state index is 0.0670. The molecule has 0 aliphatic heterocycles. The van der Waals surface area contributed by atoms with Crippen LogP contribution in [-0.2, 0) is 4.79 Å². The van der Waals surface area contributed by atoms with Crippen molar-refractivity contribution >= 4 is 39.1 Å². The van der Waals surface area contributed by atoms with Crippen molar-refractivity contribution in [3.8, 4) is 0 Å². The maximum Gasteiger partial charge on any atom is 0.255 e. The molecule has 2 rings (SSSR count). The minimum atomic E-state index is -0.200. The molecule has 0 bridgehead atoms. The van der Waals surface area contributed by atoms with Crippen LogP contribution < -0.4 is 10.6 Å². The Hall–Kier alpha value is -2.14. The monoisotopic (exact) mass is 360 g/mol. The van der Waals surface area contributed by atoms with Gasteiger partial charge in [-0.2, -0.15) is 0 Å². The van der Waals surface area contributed by atoms with Crippen LogP contribution in [0, 0.1) is 5.92 Å². The molecule has 0 radical (unpaired) electrons. The molecule has 0 fully saturated rings. The molecule has 0 aromatic heterocycles. The summed E-state index contributed by atoms with van der Waals surface area (Å²) in [5, 5.41) is 5.64.